The maximum atomic E-state index is 12.1. The number of hydrogen-bond donors (Lipinski definition) is 2. The van der Waals surface area contributed by atoms with Gasteiger partial charge in [-0.1, -0.05) is 36.9 Å². The normalized spacial score (nSPS) is 15.0. The van der Waals surface area contributed by atoms with Gasteiger partial charge in [-0.25, -0.2) is 0 Å². The zero-order chi connectivity index (χ0) is 17.9. The van der Waals surface area contributed by atoms with Crippen molar-refractivity contribution in [3.63, 3.8) is 0 Å². The highest BCUT2D eigenvalue weighted by Gasteiger charge is 2.15. The van der Waals surface area contributed by atoms with Crippen molar-refractivity contribution in [2.24, 2.45) is 5.92 Å². The van der Waals surface area contributed by atoms with Crippen LogP contribution in [0.15, 0.2) is 18.2 Å². The molecule has 0 bridgehead atoms. The molecule has 0 unspecified atom stereocenters. The van der Waals surface area contributed by atoms with Crippen LogP contribution in [0.2, 0.25) is 5.02 Å². The third kappa shape index (κ3) is 7.12. The van der Waals surface area contributed by atoms with E-state index < -0.39 is 0 Å². The van der Waals surface area contributed by atoms with Crippen molar-refractivity contribution in [1.29, 1.82) is 0 Å². The molecule has 1 aromatic carbocycles. The van der Waals surface area contributed by atoms with Gasteiger partial charge in [0.15, 0.2) is 5.75 Å². The van der Waals surface area contributed by atoms with Crippen molar-refractivity contribution in [2.75, 3.05) is 38.2 Å². The Balaban J connectivity index is 1.78. The van der Waals surface area contributed by atoms with E-state index in [-0.39, 0.29) is 12.5 Å². The second-order valence-corrected chi connectivity index (χ2v) is 6.73. The highest BCUT2D eigenvalue weighted by molar-refractivity contribution is 6.32. The van der Waals surface area contributed by atoms with E-state index in [1.807, 2.05) is 19.1 Å². The van der Waals surface area contributed by atoms with Crippen LogP contribution in [0.4, 0.5) is 5.69 Å². The minimum absolute atomic E-state index is 0.00850. The van der Waals surface area contributed by atoms with Crippen molar-refractivity contribution in [2.45, 2.75) is 39.0 Å². The second-order valence-electron chi connectivity index (χ2n) is 6.32. The van der Waals surface area contributed by atoms with Gasteiger partial charge in [-0.2, -0.15) is 0 Å². The van der Waals surface area contributed by atoms with Gasteiger partial charge in [0.1, 0.15) is 6.61 Å². The Morgan fingerprint density at radius 3 is 2.80 bits per heavy atom. The molecule has 2 rings (SSSR count). The van der Waals surface area contributed by atoms with Gasteiger partial charge in [-0.3, -0.25) is 4.79 Å². The molecule has 1 aliphatic rings. The molecule has 0 radical (unpaired) electrons. The number of carbonyl (C=O) groups excluding carboxylic acids is 1. The summed E-state index contributed by atoms with van der Waals surface area (Å²) in [6.07, 6.45) is 6.33. The van der Waals surface area contributed by atoms with Crippen molar-refractivity contribution in [3.05, 3.63) is 23.2 Å². The SMILES string of the molecule is CCOCCOc1c(Cl)cccc1NCC(=O)NCC1CCCCC1. The minimum atomic E-state index is -0.00850. The standard InChI is InChI=1S/C19H29ClN2O3/c1-2-24-11-12-25-19-16(20)9-6-10-17(19)21-14-18(23)22-13-15-7-4-3-5-8-15/h6,9-10,15,21H,2-5,7-8,11-14H2,1H3,(H,22,23). The summed E-state index contributed by atoms with van der Waals surface area (Å²) in [6, 6.07) is 5.46. The molecule has 6 heteroatoms. The highest BCUT2D eigenvalue weighted by atomic mass is 35.5. The molecule has 0 atom stereocenters. The molecule has 1 aromatic rings. The molecule has 2 N–H and O–H groups in total. The van der Waals surface area contributed by atoms with Crippen LogP contribution in [0.25, 0.3) is 0 Å². The minimum Gasteiger partial charge on any atom is -0.487 e. The number of rotatable bonds is 10. The predicted molar refractivity (Wildman–Crippen MR) is 102 cm³/mol. The largest absolute Gasteiger partial charge is 0.487 e. The molecule has 5 nitrogen and oxygen atoms in total. The van der Waals surface area contributed by atoms with Crippen molar-refractivity contribution < 1.29 is 14.3 Å². The third-order valence-electron chi connectivity index (χ3n) is 4.40. The quantitative estimate of drug-likeness (QED) is 0.615. The zero-order valence-electron chi connectivity index (χ0n) is 15.0. The van der Waals surface area contributed by atoms with Gasteiger partial charge in [-0.15, -0.1) is 0 Å². The van der Waals surface area contributed by atoms with Gasteiger partial charge in [0.2, 0.25) is 5.91 Å². The first-order valence-electron chi connectivity index (χ1n) is 9.20. The van der Waals surface area contributed by atoms with Gasteiger partial charge >= 0.3 is 0 Å². The maximum absolute atomic E-state index is 12.1. The first kappa shape index (κ1) is 19.9. The summed E-state index contributed by atoms with van der Waals surface area (Å²) in [7, 11) is 0. The summed E-state index contributed by atoms with van der Waals surface area (Å²) >= 11 is 6.21. The summed E-state index contributed by atoms with van der Waals surface area (Å²) < 4.78 is 11.0. The van der Waals surface area contributed by atoms with E-state index in [1.165, 1.54) is 32.1 Å². The van der Waals surface area contributed by atoms with Crippen LogP contribution in [-0.2, 0) is 9.53 Å². The summed E-state index contributed by atoms with van der Waals surface area (Å²) in [5.41, 5.74) is 0.719. The Kier molecular flexibility index (Phi) is 8.91. The Morgan fingerprint density at radius 2 is 2.04 bits per heavy atom. The molecular weight excluding hydrogens is 340 g/mol. The fourth-order valence-electron chi connectivity index (χ4n) is 3.03. The lowest BCUT2D eigenvalue weighted by Gasteiger charge is -2.22. The molecule has 1 aliphatic carbocycles. The molecule has 1 amide bonds. The van der Waals surface area contributed by atoms with Crippen molar-refractivity contribution in [1.82, 2.24) is 5.32 Å². The topological polar surface area (TPSA) is 59.6 Å². The Morgan fingerprint density at radius 1 is 1.24 bits per heavy atom. The van der Waals surface area contributed by atoms with Crippen LogP contribution in [0, 0.1) is 5.92 Å². The molecule has 0 aromatic heterocycles. The van der Waals surface area contributed by atoms with Crippen LogP contribution >= 0.6 is 11.6 Å². The third-order valence-corrected chi connectivity index (χ3v) is 4.69. The van der Waals surface area contributed by atoms with Gasteiger partial charge < -0.3 is 20.1 Å². The fourth-order valence-corrected chi connectivity index (χ4v) is 3.26. The molecule has 0 spiro atoms. The number of halogens is 1. The van der Waals surface area contributed by atoms with E-state index in [0.29, 0.717) is 36.5 Å². The molecule has 140 valence electrons. The molecule has 0 saturated heterocycles. The van der Waals surface area contributed by atoms with E-state index in [1.54, 1.807) is 6.07 Å². The number of nitrogens with one attached hydrogen (secondary N) is 2. The smallest absolute Gasteiger partial charge is 0.239 e. The predicted octanol–water partition coefficient (Wildman–Crippen LogP) is 3.86. The molecule has 1 saturated carbocycles. The van der Waals surface area contributed by atoms with Gasteiger partial charge in [0.25, 0.3) is 0 Å². The molecule has 1 fully saturated rings. The number of ether oxygens (including phenoxy) is 2. The lowest BCUT2D eigenvalue weighted by atomic mass is 9.89. The summed E-state index contributed by atoms with van der Waals surface area (Å²) in [4.78, 5) is 12.1. The number of para-hydroxylation sites is 1. The lowest BCUT2D eigenvalue weighted by Crippen LogP contribution is -2.34. The van der Waals surface area contributed by atoms with Gasteiger partial charge in [0, 0.05) is 13.2 Å². The van der Waals surface area contributed by atoms with Crippen LogP contribution < -0.4 is 15.4 Å². The van der Waals surface area contributed by atoms with Crippen molar-refractivity contribution in [3.8, 4) is 5.75 Å². The van der Waals surface area contributed by atoms with E-state index in [4.69, 9.17) is 21.1 Å². The number of amides is 1. The number of hydrogen-bond acceptors (Lipinski definition) is 4. The van der Waals surface area contributed by atoms with E-state index in [2.05, 4.69) is 10.6 Å². The Labute approximate surface area is 155 Å². The molecule has 25 heavy (non-hydrogen) atoms. The highest BCUT2D eigenvalue weighted by Crippen LogP contribution is 2.32. The van der Waals surface area contributed by atoms with Crippen molar-refractivity contribution >= 4 is 23.2 Å². The number of benzene rings is 1. The fraction of sp³-hybridized carbons (Fsp3) is 0.632. The maximum Gasteiger partial charge on any atom is 0.239 e. The summed E-state index contributed by atoms with van der Waals surface area (Å²) in [6.45, 7) is 4.48. The molecule has 0 aliphatic heterocycles. The molecule has 0 heterocycles. The first-order valence-corrected chi connectivity index (χ1v) is 9.58. The van der Waals surface area contributed by atoms with Crippen LogP contribution in [0.1, 0.15) is 39.0 Å². The van der Waals surface area contributed by atoms with Crippen LogP contribution in [-0.4, -0.2) is 38.8 Å². The lowest BCUT2D eigenvalue weighted by molar-refractivity contribution is -0.119. The average Bonchev–Trinajstić information content (AvgIpc) is 2.64. The Bertz CT molecular complexity index is 533. The van der Waals surface area contributed by atoms with E-state index in [0.717, 1.165) is 12.2 Å². The summed E-state index contributed by atoms with van der Waals surface area (Å²) in [5.74, 6) is 1.18. The monoisotopic (exact) mass is 368 g/mol. The first-order chi connectivity index (χ1) is 12.2. The molecular formula is C19H29ClN2O3. The van der Waals surface area contributed by atoms with Gasteiger partial charge in [-0.05, 0) is 37.8 Å². The summed E-state index contributed by atoms with van der Waals surface area (Å²) in [5, 5.41) is 6.66. The van der Waals surface area contributed by atoms with E-state index >= 15 is 0 Å². The van der Waals surface area contributed by atoms with Gasteiger partial charge in [0.05, 0.1) is 23.9 Å². The van der Waals surface area contributed by atoms with Crippen LogP contribution in [0.3, 0.4) is 0 Å². The Hall–Kier alpha value is -1.46. The number of carbonyl (C=O) groups is 1. The van der Waals surface area contributed by atoms with Crippen LogP contribution in [0.5, 0.6) is 5.75 Å². The average molecular weight is 369 g/mol. The zero-order valence-corrected chi connectivity index (χ0v) is 15.7. The second kappa shape index (κ2) is 11.2. The van der Waals surface area contributed by atoms with E-state index in [9.17, 15) is 4.79 Å². The number of anilines is 1.